The maximum atomic E-state index is 11.9. The van der Waals surface area contributed by atoms with Gasteiger partial charge in [0, 0.05) is 28.4 Å². The first-order valence-electron chi connectivity index (χ1n) is 7.11. The van der Waals surface area contributed by atoms with Crippen LogP contribution in [-0.2, 0) is 11.2 Å². The molecule has 0 radical (unpaired) electrons. The van der Waals surface area contributed by atoms with Gasteiger partial charge in [-0.2, -0.15) is 0 Å². The van der Waals surface area contributed by atoms with Gasteiger partial charge in [0.25, 0.3) is 0 Å². The molecule has 0 fully saturated rings. The van der Waals surface area contributed by atoms with E-state index in [9.17, 15) is 9.90 Å². The summed E-state index contributed by atoms with van der Waals surface area (Å²) >= 11 is 7.58. The molecule has 22 heavy (non-hydrogen) atoms. The van der Waals surface area contributed by atoms with Gasteiger partial charge in [-0.15, -0.1) is 11.3 Å². The van der Waals surface area contributed by atoms with Crippen molar-refractivity contribution in [2.75, 3.05) is 6.54 Å². The van der Waals surface area contributed by atoms with Gasteiger partial charge in [-0.05, 0) is 6.07 Å². The van der Waals surface area contributed by atoms with Crippen LogP contribution in [0.4, 0.5) is 0 Å². The molecule has 0 spiro atoms. The van der Waals surface area contributed by atoms with Crippen LogP contribution in [0.5, 0.6) is 0 Å². The van der Waals surface area contributed by atoms with Crippen LogP contribution in [-0.4, -0.2) is 22.5 Å². The molecule has 1 amide bonds. The topological polar surface area (TPSA) is 62.2 Å². The number of nitrogens with zero attached hydrogens (tertiary/aromatic N) is 1. The van der Waals surface area contributed by atoms with E-state index in [1.165, 1.54) is 0 Å². The fraction of sp³-hybridized carbons (Fsp3) is 0.375. The lowest BCUT2D eigenvalue weighted by atomic mass is 10.1. The van der Waals surface area contributed by atoms with Gasteiger partial charge in [-0.25, -0.2) is 4.98 Å². The van der Waals surface area contributed by atoms with Gasteiger partial charge in [0.05, 0.1) is 23.2 Å². The molecule has 1 heterocycles. The molecule has 1 unspecified atom stereocenters. The van der Waals surface area contributed by atoms with E-state index in [2.05, 4.69) is 24.1 Å². The largest absolute Gasteiger partial charge is 0.387 e. The summed E-state index contributed by atoms with van der Waals surface area (Å²) in [5.74, 6) is 0.204. The number of aromatic nitrogens is 1. The SMILES string of the molecule is CC(C)c1nc(CC(=O)NCC(O)c2ccccc2Cl)cs1. The summed E-state index contributed by atoms with van der Waals surface area (Å²) in [4.78, 5) is 16.3. The first kappa shape index (κ1) is 16.9. The van der Waals surface area contributed by atoms with Gasteiger partial charge < -0.3 is 10.4 Å². The van der Waals surface area contributed by atoms with Crippen molar-refractivity contribution in [1.82, 2.24) is 10.3 Å². The Morgan fingerprint density at radius 3 is 2.77 bits per heavy atom. The van der Waals surface area contributed by atoms with Crippen LogP contribution in [0.15, 0.2) is 29.6 Å². The number of carbonyl (C=O) groups excluding carboxylic acids is 1. The highest BCUT2D eigenvalue weighted by Crippen LogP contribution is 2.22. The molecule has 0 saturated carbocycles. The minimum absolute atomic E-state index is 0.129. The van der Waals surface area contributed by atoms with Crippen LogP contribution >= 0.6 is 22.9 Å². The Bertz CT molecular complexity index is 643. The number of aliphatic hydroxyl groups is 1. The quantitative estimate of drug-likeness (QED) is 0.849. The van der Waals surface area contributed by atoms with Crippen LogP contribution in [0.1, 0.15) is 42.1 Å². The molecule has 1 atom stereocenters. The van der Waals surface area contributed by atoms with E-state index in [0.29, 0.717) is 16.5 Å². The molecule has 4 nitrogen and oxygen atoms in total. The maximum Gasteiger partial charge on any atom is 0.226 e. The molecule has 2 aromatic rings. The Labute approximate surface area is 139 Å². The summed E-state index contributed by atoms with van der Waals surface area (Å²) in [5, 5.41) is 16.2. The normalized spacial score (nSPS) is 12.4. The summed E-state index contributed by atoms with van der Waals surface area (Å²) in [6, 6.07) is 7.06. The number of carbonyl (C=O) groups is 1. The molecule has 0 aliphatic carbocycles. The lowest BCUT2D eigenvalue weighted by Crippen LogP contribution is -2.29. The van der Waals surface area contributed by atoms with Crippen molar-refractivity contribution in [1.29, 1.82) is 0 Å². The summed E-state index contributed by atoms with van der Waals surface area (Å²) in [6.45, 7) is 4.27. The molecule has 118 valence electrons. The Kier molecular flexibility index (Phi) is 5.94. The van der Waals surface area contributed by atoms with E-state index in [1.807, 2.05) is 5.38 Å². The maximum absolute atomic E-state index is 11.9. The zero-order valence-corrected chi connectivity index (χ0v) is 14.1. The molecule has 2 N–H and O–H groups in total. The zero-order valence-electron chi connectivity index (χ0n) is 12.5. The Balaban J connectivity index is 1.86. The van der Waals surface area contributed by atoms with Crippen LogP contribution in [0, 0.1) is 0 Å². The second kappa shape index (κ2) is 7.72. The van der Waals surface area contributed by atoms with Crippen molar-refractivity contribution in [2.24, 2.45) is 0 Å². The first-order chi connectivity index (χ1) is 10.5. The van der Waals surface area contributed by atoms with Crippen molar-refractivity contribution >= 4 is 28.8 Å². The number of thiazole rings is 1. The number of rotatable bonds is 6. The van der Waals surface area contributed by atoms with Crippen LogP contribution in [0.25, 0.3) is 0 Å². The number of amides is 1. The van der Waals surface area contributed by atoms with Gasteiger partial charge in [-0.1, -0.05) is 43.6 Å². The molecule has 0 saturated heterocycles. The standard InChI is InChI=1S/C16H19ClN2O2S/c1-10(2)16-19-11(9-22-16)7-15(21)18-8-14(20)12-5-3-4-6-13(12)17/h3-6,9-10,14,20H,7-8H2,1-2H3,(H,18,21). The van der Waals surface area contributed by atoms with E-state index in [4.69, 9.17) is 11.6 Å². The Morgan fingerprint density at radius 1 is 1.41 bits per heavy atom. The van der Waals surface area contributed by atoms with Gasteiger partial charge in [0.15, 0.2) is 0 Å². The van der Waals surface area contributed by atoms with Crippen molar-refractivity contribution in [3.63, 3.8) is 0 Å². The highest BCUT2D eigenvalue weighted by molar-refractivity contribution is 7.09. The first-order valence-corrected chi connectivity index (χ1v) is 8.36. The third kappa shape index (κ3) is 4.53. The summed E-state index contributed by atoms with van der Waals surface area (Å²) in [7, 11) is 0. The lowest BCUT2D eigenvalue weighted by molar-refractivity contribution is -0.120. The van der Waals surface area contributed by atoms with Gasteiger partial charge in [-0.3, -0.25) is 4.79 Å². The molecule has 0 aliphatic heterocycles. The average Bonchev–Trinajstić information content (AvgIpc) is 2.94. The predicted molar refractivity (Wildman–Crippen MR) is 89.3 cm³/mol. The smallest absolute Gasteiger partial charge is 0.226 e. The molecule has 6 heteroatoms. The van der Waals surface area contributed by atoms with Gasteiger partial charge in [0.1, 0.15) is 0 Å². The Morgan fingerprint density at radius 2 is 2.14 bits per heavy atom. The number of hydrogen-bond donors (Lipinski definition) is 2. The van der Waals surface area contributed by atoms with Gasteiger partial charge in [0.2, 0.25) is 5.91 Å². The molecule has 1 aromatic carbocycles. The summed E-state index contributed by atoms with van der Waals surface area (Å²) in [5.41, 5.74) is 1.37. The summed E-state index contributed by atoms with van der Waals surface area (Å²) < 4.78 is 0. The second-order valence-electron chi connectivity index (χ2n) is 5.35. The van der Waals surface area contributed by atoms with Crippen molar-refractivity contribution in [2.45, 2.75) is 32.3 Å². The van der Waals surface area contributed by atoms with Crippen LogP contribution in [0.2, 0.25) is 5.02 Å². The summed E-state index contributed by atoms with van der Waals surface area (Å²) in [6.07, 6.45) is -0.599. The lowest BCUT2D eigenvalue weighted by Gasteiger charge is -2.13. The van der Waals surface area contributed by atoms with Crippen LogP contribution < -0.4 is 5.32 Å². The Hall–Kier alpha value is -1.43. The third-order valence-corrected chi connectivity index (χ3v) is 4.70. The molecule has 2 rings (SSSR count). The molecular weight excluding hydrogens is 320 g/mol. The highest BCUT2D eigenvalue weighted by Gasteiger charge is 2.14. The predicted octanol–water partition coefficient (Wildman–Crippen LogP) is 3.31. The highest BCUT2D eigenvalue weighted by atomic mass is 35.5. The van der Waals surface area contributed by atoms with E-state index < -0.39 is 6.10 Å². The minimum Gasteiger partial charge on any atom is -0.387 e. The monoisotopic (exact) mass is 338 g/mol. The minimum atomic E-state index is -0.820. The number of halogens is 1. The zero-order chi connectivity index (χ0) is 16.1. The van der Waals surface area contributed by atoms with Crippen molar-refractivity contribution in [3.05, 3.63) is 50.9 Å². The van der Waals surface area contributed by atoms with Crippen LogP contribution in [0.3, 0.4) is 0 Å². The number of hydrogen-bond acceptors (Lipinski definition) is 4. The fourth-order valence-corrected chi connectivity index (χ4v) is 3.06. The van der Waals surface area contributed by atoms with E-state index >= 15 is 0 Å². The average molecular weight is 339 g/mol. The van der Waals surface area contributed by atoms with Crippen molar-refractivity contribution in [3.8, 4) is 0 Å². The second-order valence-corrected chi connectivity index (χ2v) is 6.65. The number of nitrogens with one attached hydrogen (secondary N) is 1. The molecule has 0 aliphatic rings. The van der Waals surface area contributed by atoms with Gasteiger partial charge >= 0.3 is 0 Å². The van der Waals surface area contributed by atoms with E-state index in [-0.39, 0.29) is 18.9 Å². The number of benzene rings is 1. The van der Waals surface area contributed by atoms with E-state index in [0.717, 1.165) is 10.7 Å². The van der Waals surface area contributed by atoms with E-state index in [1.54, 1.807) is 35.6 Å². The number of aliphatic hydroxyl groups excluding tert-OH is 1. The van der Waals surface area contributed by atoms with Crippen molar-refractivity contribution < 1.29 is 9.90 Å². The molecule has 0 bridgehead atoms. The molecular formula is C16H19ClN2O2S. The third-order valence-electron chi connectivity index (χ3n) is 3.16. The molecule has 1 aromatic heterocycles. The fourth-order valence-electron chi connectivity index (χ4n) is 1.96.